The van der Waals surface area contributed by atoms with Gasteiger partial charge in [0.2, 0.25) is 6.41 Å². The summed E-state index contributed by atoms with van der Waals surface area (Å²) in [5, 5.41) is 2.39. The average molecular weight is 446 g/mol. The second-order valence-electron chi connectivity index (χ2n) is 9.37. The summed E-state index contributed by atoms with van der Waals surface area (Å²) in [5.41, 5.74) is 6.54. The van der Waals surface area contributed by atoms with Crippen molar-refractivity contribution < 1.29 is 4.79 Å². The Hall–Kier alpha value is -4.19. The molecule has 2 N–H and O–H groups in total. The van der Waals surface area contributed by atoms with Crippen molar-refractivity contribution in [3.05, 3.63) is 85.2 Å². The summed E-state index contributed by atoms with van der Waals surface area (Å²) < 4.78 is 0. The first-order valence-electron chi connectivity index (χ1n) is 11.7. The van der Waals surface area contributed by atoms with Crippen molar-refractivity contribution in [2.75, 3.05) is 0 Å². The van der Waals surface area contributed by atoms with E-state index >= 15 is 0 Å². The molecular weight excluding hydrogens is 422 g/mol. The van der Waals surface area contributed by atoms with Crippen molar-refractivity contribution in [2.24, 2.45) is 5.92 Å². The van der Waals surface area contributed by atoms with Gasteiger partial charge in [-0.15, -0.1) is 0 Å². The molecule has 2 unspecified atom stereocenters. The first kappa shape index (κ1) is 19.3. The molecule has 1 aliphatic heterocycles. The number of hydrogen-bond acceptors (Lipinski definition) is 3. The molecule has 1 amide bonds. The third-order valence-electron chi connectivity index (χ3n) is 7.34. The normalized spacial score (nSPS) is 21.1. The van der Waals surface area contributed by atoms with E-state index in [1.165, 1.54) is 16.3 Å². The van der Waals surface area contributed by atoms with Crippen LogP contribution in [-0.2, 0) is 4.79 Å². The lowest BCUT2D eigenvalue weighted by atomic mass is 9.98. The van der Waals surface area contributed by atoms with E-state index in [0.29, 0.717) is 12.0 Å². The standard InChI is InChI=1S/C28H23N5O/c34-16-33-26-11-23(26)12-27(33)28-30-14-25(32-28)21-3-1-2-17(9-21)18-4-5-20-10-22(7-6-19(20)8-18)24-13-29-15-31-24/h1-10,13-16,23,26-27H,11-12H2,(H,29,31)(H,30,32)/t23?,26?,27-/m0/s1. The first-order chi connectivity index (χ1) is 16.8. The number of H-pyrrole nitrogens is 2. The number of aromatic nitrogens is 4. The third kappa shape index (κ3) is 3.14. The van der Waals surface area contributed by atoms with Crippen molar-refractivity contribution in [1.29, 1.82) is 0 Å². The lowest BCUT2D eigenvalue weighted by Crippen LogP contribution is -2.25. The minimum atomic E-state index is 0.0744. The van der Waals surface area contributed by atoms with E-state index in [9.17, 15) is 4.79 Å². The fourth-order valence-corrected chi connectivity index (χ4v) is 5.42. The van der Waals surface area contributed by atoms with Crippen LogP contribution in [0.15, 0.2) is 79.4 Å². The van der Waals surface area contributed by atoms with Crippen LogP contribution in [0.5, 0.6) is 0 Å². The highest BCUT2D eigenvalue weighted by molar-refractivity contribution is 5.90. The summed E-state index contributed by atoms with van der Waals surface area (Å²) >= 11 is 0. The van der Waals surface area contributed by atoms with Gasteiger partial charge in [-0.2, -0.15) is 0 Å². The second-order valence-corrected chi connectivity index (χ2v) is 9.37. The number of carbonyl (C=O) groups is 1. The van der Waals surface area contributed by atoms with Gasteiger partial charge < -0.3 is 14.9 Å². The van der Waals surface area contributed by atoms with Gasteiger partial charge in [0.05, 0.1) is 36.2 Å². The monoisotopic (exact) mass is 445 g/mol. The van der Waals surface area contributed by atoms with Crippen LogP contribution in [0.2, 0.25) is 0 Å². The molecule has 7 rings (SSSR count). The van der Waals surface area contributed by atoms with Crippen LogP contribution in [0.4, 0.5) is 0 Å². The van der Waals surface area contributed by atoms with Crippen molar-refractivity contribution in [3.63, 3.8) is 0 Å². The number of carbonyl (C=O) groups excluding carboxylic acids is 1. The Bertz CT molecular complexity index is 1520. The van der Waals surface area contributed by atoms with Crippen molar-refractivity contribution >= 4 is 17.2 Å². The Balaban J connectivity index is 1.18. The lowest BCUT2D eigenvalue weighted by Gasteiger charge is -2.21. The van der Waals surface area contributed by atoms with Gasteiger partial charge in [0.1, 0.15) is 5.82 Å². The summed E-state index contributed by atoms with van der Waals surface area (Å²) in [6.07, 6.45) is 8.57. The van der Waals surface area contributed by atoms with Gasteiger partial charge in [-0.25, -0.2) is 9.97 Å². The molecule has 1 saturated carbocycles. The number of amides is 1. The maximum atomic E-state index is 11.6. The predicted molar refractivity (Wildman–Crippen MR) is 132 cm³/mol. The van der Waals surface area contributed by atoms with Gasteiger partial charge in [-0.05, 0) is 58.9 Å². The third-order valence-corrected chi connectivity index (χ3v) is 7.34. The molecule has 0 bridgehead atoms. The van der Waals surface area contributed by atoms with Crippen LogP contribution in [0, 0.1) is 5.92 Å². The highest BCUT2D eigenvalue weighted by atomic mass is 16.1. The van der Waals surface area contributed by atoms with E-state index < -0.39 is 0 Å². The van der Waals surface area contributed by atoms with Gasteiger partial charge in [0.15, 0.2) is 0 Å². The Kier molecular flexibility index (Phi) is 4.21. The zero-order valence-electron chi connectivity index (χ0n) is 18.5. The van der Waals surface area contributed by atoms with Gasteiger partial charge in [-0.3, -0.25) is 4.79 Å². The minimum absolute atomic E-state index is 0.0744. The second kappa shape index (κ2) is 7.42. The number of benzene rings is 3. The predicted octanol–water partition coefficient (Wildman–Crippen LogP) is 5.58. The maximum absolute atomic E-state index is 11.6. The molecule has 1 aliphatic carbocycles. The topological polar surface area (TPSA) is 77.7 Å². The summed E-state index contributed by atoms with van der Waals surface area (Å²) in [5.74, 6) is 1.54. The number of likely N-dealkylation sites (tertiary alicyclic amines) is 1. The number of fused-ring (bicyclic) bond motifs is 2. The van der Waals surface area contributed by atoms with Crippen LogP contribution >= 0.6 is 0 Å². The van der Waals surface area contributed by atoms with Crippen LogP contribution < -0.4 is 0 Å². The van der Waals surface area contributed by atoms with E-state index in [-0.39, 0.29) is 6.04 Å². The Morgan fingerprint density at radius 2 is 1.62 bits per heavy atom. The summed E-state index contributed by atoms with van der Waals surface area (Å²) in [6, 6.07) is 22.0. The highest BCUT2D eigenvalue weighted by Gasteiger charge is 2.52. The average Bonchev–Trinajstić information content (AvgIpc) is 3.30. The maximum Gasteiger partial charge on any atom is 0.210 e. The van der Waals surface area contributed by atoms with Gasteiger partial charge in [-0.1, -0.05) is 42.5 Å². The number of nitrogens with one attached hydrogen (secondary N) is 2. The Labute approximate surface area is 196 Å². The van der Waals surface area contributed by atoms with Gasteiger partial charge in [0.25, 0.3) is 0 Å². The molecule has 166 valence electrons. The minimum Gasteiger partial charge on any atom is -0.345 e. The van der Waals surface area contributed by atoms with Crippen LogP contribution in [-0.4, -0.2) is 37.3 Å². The molecule has 3 heterocycles. The SMILES string of the molecule is O=CN1C2CC2C[C@H]1c1ncc(-c2cccc(-c3ccc4cc(-c5cnc[nH]5)ccc4c3)c2)[nH]1. The number of nitrogens with zero attached hydrogens (tertiary/aromatic N) is 3. The van der Waals surface area contributed by atoms with Gasteiger partial charge >= 0.3 is 0 Å². The number of piperidine rings is 1. The summed E-state index contributed by atoms with van der Waals surface area (Å²) in [4.78, 5) is 28.9. The Morgan fingerprint density at radius 1 is 0.853 bits per heavy atom. The zero-order valence-corrected chi connectivity index (χ0v) is 18.5. The van der Waals surface area contributed by atoms with E-state index in [4.69, 9.17) is 0 Å². The van der Waals surface area contributed by atoms with E-state index in [1.807, 2.05) is 17.3 Å². The smallest absolute Gasteiger partial charge is 0.210 e. The van der Waals surface area contributed by atoms with Crippen LogP contribution in [0.3, 0.4) is 0 Å². The highest BCUT2D eigenvalue weighted by Crippen LogP contribution is 2.52. The summed E-state index contributed by atoms with van der Waals surface area (Å²) in [7, 11) is 0. The first-order valence-corrected chi connectivity index (χ1v) is 11.7. The molecule has 6 nitrogen and oxygen atoms in total. The van der Waals surface area contributed by atoms with Crippen LogP contribution in [0.25, 0.3) is 44.4 Å². The molecule has 3 atom stereocenters. The molecule has 2 fully saturated rings. The lowest BCUT2D eigenvalue weighted by molar-refractivity contribution is -0.120. The zero-order chi connectivity index (χ0) is 22.6. The van der Waals surface area contributed by atoms with E-state index in [1.54, 1.807) is 6.33 Å². The molecule has 2 aliphatic rings. The molecule has 1 saturated heterocycles. The van der Waals surface area contributed by atoms with E-state index in [2.05, 4.69) is 80.6 Å². The van der Waals surface area contributed by atoms with Crippen molar-refractivity contribution in [2.45, 2.75) is 24.9 Å². The molecule has 0 spiro atoms. The Morgan fingerprint density at radius 3 is 2.44 bits per heavy atom. The molecule has 6 heteroatoms. The van der Waals surface area contributed by atoms with Crippen molar-refractivity contribution in [1.82, 2.24) is 24.8 Å². The summed E-state index contributed by atoms with van der Waals surface area (Å²) in [6.45, 7) is 0. The molecule has 0 radical (unpaired) electrons. The van der Waals surface area contributed by atoms with E-state index in [0.717, 1.165) is 53.2 Å². The fraction of sp³-hybridized carbons (Fsp3) is 0.179. The molecule has 34 heavy (non-hydrogen) atoms. The van der Waals surface area contributed by atoms with Gasteiger partial charge in [0, 0.05) is 17.2 Å². The number of hydrogen-bond donors (Lipinski definition) is 2. The largest absolute Gasteiger partial charge is 0.345 e. The number of imidazole rings is 2. The van der Waals surface area contributed by atoms with Crippen molar-refractivity contribution in [3.8, 4) is 33.6 Å². The molecule has 3 aromatic carbocycles. The molecule has 5 aromatic rings. The molecular formula is C28H23N5O. The quantitative estimate of drug-likeness (QED) is 0.347. The number of aromatic amines is 2. The molecule has 2 aromatic heterocycles. The fourth-order valence-electron chi connectivity index (χ4n) is 5.42. The van der Waals surface area contributed by atoms with Crippen LogP contribution in [0.1, 0.15) is 24.7 Å². The number of rotatable bonds is 5.